The third-order valence-electron chi connectivity index (χ3n) is 5.00. The Balaban J connectivity index is 2.01. The lowest BCUT2D eigenvalue weighted by Gasteiger charge is -2.29. The van der Waals surface area contributed by atoms with Gasteiger partial charge in [0.2, 0.25) is 0 Å². The highest BCUT2D eigenvalue weighted by Crippen LogP contribution is 2.37. The Hall–Kier alpha value is -0.500. The fraction of sp³-hybridized carbons (Fsp3) is 0.684. The Kier molecular flexibility index (Phi) is 5.40. The largest absolute Gasteiger partial charge is 0.382 e. The van der Waals surface area contributed by atoms with E-state index < -0.39 is 0 Å². The molecule has 1 N–H and O–H groups in total. The number of anilines is 1. The van der Waals surface area contributed by atoms with Gasteiger partial charge in [-0.25, -0.2) is 0 Å². The number of nitrogens with one attached hydrogen (secondary N) is 1. The van der Waals surface area contributed by atoms with Crippen molar-refractivity contribution in [3.63, 3.8) is 0 Å². The van der Waals surface area contributed by atoms with Crippen molar-refractivity contribution in [3.05, 3.63) is 27.7 Å². The molecule has 1 fully saturated rings. The van der Waals surface area contributed by atoms with E-state index in [0.29, 0.717) is 11.5 Å². The van der Waals surface area contributed by atoms with E-state index in [9.17, 15) is 0 Å². The molecular formula is C19H30BrN. The van der Waals surface area contributed by atoms with Gasteiger partial charge in [0.25, 0.3) is 0 Å². The molecule has 1 aliphatic carbocycles. The lowest BCUT2D eigenvalue weighted by molar-refractivity contribution is 0.214. The summed E-state index contributed by atoms with van der Waals surface area (Å²) < 4.78 is 1.24. The molecular weight excluding hydrogens is 322 g/mol. The van der Waals surface area contributed by atoms with E-state index in [2.05, 4.69) is 68.0 Å². The van der Waals surface area contributed by atoms with E-state index in [-0.39, 0.29) is 0 Å². The molecule has 1 aliphatic rings. The molecule has 0 radical (unpaired) electrons. The van der Waals surface area contributed by atoms with Crippen LogP contribution in [0.2, 0.25) is 0 Å². The summed E-state index contributed by atoms with van der Waals surface area (Å²) in [6.45, 7) is 11.5. The second kappa shape index (κ2) is 6.73. The van der Waals surface area contributed by atoms with Gasteiger partial charge >= 0.3 is 0 Å². The van der Waals surface area contributed by atoms with Crippen molar-refractivity contribution >= 4 is 21.6 Å². The van der Waals surface area contributed by atoms with Gasteiger partial charge in [-0.2, -0.15) is 0 Å². The Morgan fingerprint density at radius 3 is 2.19 bits per heavy atom. The zero-order chi connectivity index (χ0) is 15.6. The number of benzene rings is 1. The van der Waals surface area contributed by atoms with Crippen LogP contribution in [0.4, 0.5) is 5.69 Å². The summed E-state index contributed by atoms with van der Waals surface area (Å²) in [6.07, 6.45) is 6.71. The third-order valence-corrected chi connectivity index (χ3v) is 6.25. The summed E-state index contributed by atoms with van der Waals surface area (Å²) >= 11 is 3.65. The van der Waals surface area contributed by atoms with Crippen molar-refractivity contribution < 1.29 is 0 Å². The second-order valence-electron chi connectivity index (χ2n) is 7.84. The minimum atomic E-state index is 0.458. The van der Waals surface area contributed by atoms with E-state index in [0.717, 1.165) is 5.92 Å². The lowest BCUT2D eigenvalue weighted by atomic mass is 9.76. The van der Waals surface area contributed by atoms with Gasteiger partial charge in [-0.3, -0.25) is 0 Å². The average Bonchev–Trinajstić information content (AvgIpc) is 2.61. The maximum Gasteiger partial charge on any atom is 0.0348 e. The van der Waals surface area contributed by atoms with Crippen LogP contribution in [0.3, 0.4) is 0 Å². The van der Waals surface area contributed by atoms with Crippen molar-refractivity contribution in [2.75, 3.05) is 5.32 Å². The van der Waals surface area contributed by atoms with Crippen molar-refractivity contribution in [3.8, 4) is 0 Å². The SMILES string of the molecule is Cc1cc(NC2CCCC(C(C)(C)C)CC2)cc(C)c1Br. The highest BCUT2D eigenvalue weighted by atomic mass is 79.9. The third kappa shape index (κ3) is 4.48. The molecule has 118 valence electrons. The average molecular weight is 352 g/mol. The first-order valence-electron chi connectivity index (χ1n) is 8.30. The van der Waals surface area contributed by atoms with Crippen LogP contribution in [0.5, 0.6) is 0 Å². The fourth-order valence-corrected chi connectivity index (χ4v) is 3.81. The van der Waals surface area contributed by atoms with E-state index >= 15 is 0 Å². The number of hydrogen-bond donors (Lipinski definition) is 1. The molecule has 1 saturated carbocycles. The first-order valence-corrected chi connectivity index (χ1v) is 9.10. The topological polar surface area (TPSA) is 12.0 Å². The molecule has 0 amide bonds. The van der Waals surface area contributed by atoms with E-state index in [1.807, 2.05) is 0 Å². The standard InChI is InChI=1S/C19H30BrN/c1-13-11-17(12-14(2)18(13)20)21-16-8-6-7-15(9-10-16)19(3,4)5/h11-12,15-16,21H,6-10H2,1-5H3. The van der Waals surface area contributed by atoms with Crippen LogP contribution in [0.25, 0.3) is 0 Å². The molecule has 1 nitrogen and oxygen atoms in total. The first kappa shape index (κ1) is 16.9. The van der Waals surface area contributed by atoms with Crippen molar-refractivity contribution in [1.29, 1.82) is 0 Å². The predicted octanol–water partition coefficient (Wildman–Crippen LogP) is 6.47. The minimum Gasteiger partial charge on any atom is -0.382 e. The Bertz CT molecular complexity index is 464. The zero-order valence-corrected chi connectivity index (χ0v) is 15.8. The quantitative estimate of drug-likeness (QED) is 0.601. The van der Waals surface area contributed by atoms with Crippen LogP contribution >= 0.6 is 15.9 Å². The summed E-state index contributed by atoms with van der Waals surface area (Å²) in [5.74, 6) is 0.873. The van der Waals surface area contributed by atoms with Gasteiger partial charge < -0.3 is 5.32 Å². The molecule has 0 bridgehead atoms. The van der Waals surface area contributed by atoms with Crippen LogP contribution in [0.1, 0.15) is 64.0 Å². The predicted molar refractivity (Wildman–Crippen MR) is 97.1 cm³/mol. The summed E-state index contributed by atoms with van der Waals surface area (Å²) in [7, 11) is 0. The van der Waals surface area contributed by atoms with E-state index in [4.69, 9.17) is 0 Å². The maximum absolute atomic E-state index is 3.78. The van der Waals surface area contributed by atoms with Crippen LogP contribution in [0.15, 0.2) is 16.6 Å². The minimum absolute atomic E-state index is 0.458. The molecule has 1 aromatic rings. The van der Waals surface area contributed by atoms with Gasteiger partial charge in [0.1, 0.15) is 0 Å². The molecule has 0 aliphatic heterocycles. The maximum atomic E-state index is 3.78. The van der Waals surface area contributed by atoms with Gasteiger partial charge in [-0.15, -0.1) is 0 Å². The molecule has 2 heteroatoms. The monoisotopic (exact) mass is 351 g/mol. The van der Waals surface area contributed by atoms with Crippen LogP contribution in [0, 0.1) is 25.2 Å². The highest BCUT2D eigenvalue weighted by Gasteiger charge is 2.27. The Labute approximate surface area is 139 Å². The number of rotatable bonds is 2. The van der Waals surface area contributed by atoms with Crippen molar-refractivity contribution in [1.82, 2.24) is 0 Å². The lowest BCUT2D eigenvalue weighted by Crippen LogP contribution is -2.21. The van der Waals surface area contributed by atoms with Crippen LogP contribution < -0.4 is 5.32 Å². The number of hydrogen-bond acceptors (Lipinski definition) is 1. The molecule has 0 heterocycles. The molecule has 21 heavy (non-hydrogen) atoms. The van der Waals surface area contributed by atoms with E-state index in [1.165, 1.54) is 53.4 Å². The van der Waals surface area contributed by atoms with Gasteiger partial charge in [0.05, 0.1) is 0 Å². The summed E-state index contributed by atoms with van der Waals surface area (Å²) in [4.78, 5) is 0. The van der Waals surface area contributed by atoms with Crippen LogP contribution in [-0.2, 0) is 0 Å². The van der Waals surface area contributed by atoms with Gasteiger partial charge in [-0.1, -0.05) is 43.1 Å². The van der Waals surface area contributed by atoms with Gasteiger partial charge in [0.15, 0.2) is 0 Å². The molecule has 0 spiro atoms. The Morgan fingerprint density at radius 1 is 1.00 bits per heavy atom. The summed E-state index contributed by atoms with van der Waals surface area (Å²) in [6, 6.07) is 5.17. The molecule has 0 aromatic heterocycles. The molecule has 2 atom stereocenters. The van der Waals surface area contributed by atoms with Gasteiger partial charge in [-0.05, 0) is 74.1 Å². The van der Waals surface area contributed by atoms with Gasteiger partial charge in [0, 0.05) is 16.2 Å². The van der Waals surface area contributed by atoms with Crippen molar-refractivity contribution in [2.45, 2.75) is 72.8 Å². The molecule has 1 aromatic carbocycles. The summed E-state index contributed by atoms with van der Waals surface area (Å²) in [5.41, 5.74) is 4.38. The molecule has 2 unspecified atom stereocenters. The summed E-state index contributed by atoms with van der Waals surface area (Å²) in [5, 5.41) is 3.78. The molecule has 2 rings (SSSR count). The fourth-order valence-electron chi connectivity index (χ4n) is 3.58. The first-order chi connectivity index (χ1) is 9.77. The normalized spacial score (nSPS) is 23.7. The number of halogens is 1. The molecule has 0 saturated heterocycles. The highest BCUT2D eigenvalue weighted by molar-refractivity contribution is 9.10. The van der Waals surface area contributed by atoms with Crippen molar-refractivity contribution in [2.24, 2.45) is 11.3 Å². The smallest absolute Gasteiger partial charge is 0.0348 e. The van der Waals surface area contributed by atoms with E-state index in [1.54, 1.807) is 0 Å². The number of aryl methyl sites for hydroxylation is 2. The second-order valence-corrected chi connectivity index (χ2v) is 8.63. The van der Waals surface area contributed by atoms with Crippen LogP contribution in [-0.4, -0.2) is 6.04 Å². The zero-order valence-electron chi connectivity index (χ0n) is 14.2. The Morgan fingerprint density at radius 2 is 1.62 bits per heavy atom.